The Morgan fingerprint density at radius 3 is 2.58 bits per heavy atom. The number of quaternary nitrogens is 1. The van der Waals surface area contributed by atoms with Gasteiger partial charge in [0, 0.05) is 29.3 Å². The molecule has 1 atom stereocenters. The predicted octanol–water partition coefficient (Wildman–Crippen LogP) is 4.43. The first-order valence-electron chi connectivity index (χ1n) is 14.0. The van der Waals surface area contributed by atoms with Gasteiger partial charge in [-0.25, -0.2) is 14.1 Å². The lowest BCUT2D eigenvalue weighted by atomic mass is 9.86. The summed E-state index contributed by atoms with van der Waals surface area (Å²) in [7, 11) is 5.39. The molecule has 1 aliphatic rings. The third-order valence-electron chi connectivity index (χ3n) is 7.22. The number of allylic oxidation sites excluding steroid dienone is 1. The summed E-state index contributed by atoms with van der Waals surface area (Å²) in [5.41, 5.74) is 2.77. The van der Waals surface area contributed by atoms with E-state index in [-0.39, 0.29) is 23.0 Å². The van der Waals surface area contributed by atoms with Crippen LogP contribution < -0.4 is 10.9 Å². The maximum Gasteiger partial charge on any atom is 0.282 e. The predicted molar refractivity (Wildman–Crippen MR) is 166 cm³/mol. The van der Waals surface area contributed by atoms with Crippen molar-refractivity contribution in [1.82, 2.24) is 19.7 Å². The zero-order valence-corrected chi connectivity index (χ0v) is 25.2. The lowest BCUT2D eigenvalue weighted by molar-refractivity contribution is -0.863. The Kier molecular flexibility index (Phi) is 8.01. The Balaban J connectivity index is 1.55. The van der Waals surface area contributed by atoms with Crippen LogP contribution in [0, 0.1) is 11.0 Å². The van der Waals surface area contributed by atoms with Crippen LogP contribution in [0.1, 0.15) is 43.0 Å². The Morgan fingerprint density at radius 1 is 1.16 bits per heavy atom. The van der Waals surface area contributed by atoms with Gasteiger partial charge < -0.3 is 20.5 Å². The van der Waals surface area contributed by atoms with Crippen LogP contribution in [0.15, 0.2) is 76.5 Å². The monoisotopic (exact) mass is 585 g/mol. The fourth-order valence-corrected chi connectivity index (χ4v) is 5.17. The van der Waals surface area contributed by atoms with Gasteiger partial charge in [0.2, 0.25) is 0 Å². The van der Waals surface area contributed by atoms with Crippen LogP contribution in [0.5, 0.6) is 0 Å². The lowest BCUT2D eigenvalue weighted by Crippen LogP contribution is -2.39. The standard InChI is InChI=1S/C32H36FN7O3/c1-32(2,3)22-12-21-16-35-39(31(42)30(21)26(33)13-22)28-9-7-8-24(25(28)19-41)27-14-23(18-40(6,43)37-27)36-29-11-10-20(15-34-29)17-38(4)5/h7-16,41H,17-19H2,1-6H3,(H,34,36). The fourth-order valence-electron chi connectivity index (χ4n) is 5.17. The molecular formula is C32H36FN7O3. The molecule has 2 aromatic heterocycles. The Morgan fingerprint density at radius 2 is 1.93 bits per heavy atom. The minimum Gasteiger partial charge on any atom is -0.604 e. The van der Waals surface area contributed by atoms with Crippen LogP contribution in [-0.2, 0) is 18.6 Å². The number of aliphatic hydroxyl groups excluding tert-OH is 1. The van der Waals surface area contributed by atoms with E-state index in [1.54, 1.807) is 36.5 Å². The highest BCUT2D eigenvalue weighted by Gasteiger charge is 2.25. The number of fused-ring (bicyclic) bond motifs is 1. The molecule has 0 radical (unpaired) electrons. The van der Waals surface area contributed by atoms with Crippen LogP contribution in [0.4, 0.5) is 10.2 Å². The highest BCUT2D eigenvalue weighted by Crippen LogP contribution is 2.28. The number of nitrogens with zero attached hydrogens (tertiary/aromatic N) is 6. The normalized spacial score (nSPS) is 17.3. The van der Waals surface area contributed by atoms with Crippen LogP contribution in [0.2, 0.25) is 0 Å². The number of anilines is 1. The van der Waals surface area contributed by atoms with E-state index < -0.39 is 22.7 Å². The van der Waals surface area contributed by atoms with Gasteiger partial charge in [-0.15, -0.1) is 0 Å². The second-order valence-electron chi connectivity index (χ2n) is 12.3. The zero-order valence-electron chi connectivity index (χ0n) is 25.2. The van der Waals surface area contributed by atoms with Crippen molar-refractivity contribution in [3.8, 4) is 5.69 Å². The summed E-state index contributed by atoms with van der Waals surface area (Å²) >= 11 is 0. The van der Waals surface area contributed by atoms with E-state index in [9.17, 15) is 15.1 Å². The number of likely N-dealkylation sites (N-methyl/N-ethyl adjacent to an activating group) is 1. The molecule has 0 saturated carbocycles. The van der Waals surface area contributed by atoms with Gasteiger partial charge in [0.05, 0.1) is 36.6 Å². The van der Waals surface area contributed by atoms with Gasteiger partial charge in [0.25, 0.3) is 5.56 Å². The third kappa shape index (κ3) is 6.40. The molecule has 1 unspecified atom stereocenters. The van der Waals surface area contributed by atoms with Crippen LogP contribution >= 0.6 is 0 Å². The molecule has 3 heterocycles. The van der Waals surface area contributed by atoms with Gasteiger partial charge in [-0.3, -0.25) is 4.79 Å². The molecule has 0 bridgehead atoms. The van der Waals surface area contributed by atoms with Crippen LogP contribution in [0.25, 0.3) is 16.5 Å². The highest BCUT2D eigenvalue weighted by atomic mass is 19.1. The summed E-state index contributed by atoms with van der Waals surface area (Å²) in [5, 5.41) is 36.0. The van der Waals surface area contributed by atoms with Gasteiger partial charge in [0.1, 0.15) is 23.9 Å². The molecule has 0 saturated heterocycles. The average molecular weight is 586 g/mol. The second kappa shape index (κ2) is 11.4. The molecule has 43 heavy (non-hydrogen) atoms. The largest absolute Gasteiger partial charge is 0.604 e. The van der Waals surface area contributed by atoms with Crippen LogP contribution in [-0.4, -0.2) is 62.9 Å². The first kappa shape index (κ1) is 30.2. The van der Waals surface area contributed by atoms with E-state index >= 15 is 4.39 Å². The number of aliphatic hydroxyl groups is 1. The van der Waals surface area contributed by atoms with Crippen molar-refractivity contribution in [3.63, 3.8) is 0 Å². The fraction of sp³-hybridized carbons (Fsp3) is 0.312. The number of benzene rings is 2. The molecule has 5 rings (SSSR count). The SMILES string of the molecule is CN(C)Cc1ccc(NC2=CC(c3cccc(-n4ncc5cc(C(C)(C)C)cc(F)c5c4=O)c3CO)=N[N+](C)([O-])C2)nc1. The molecule has 10 nitrogen and oxygen atoms in total. The van der Waals surface area contributed by atoms with E-state index in [0.29, 0.717) is 33.7 Å². The maximum absolute atomic E-state index is 15.3. The third-order valence-corrected chi connectivity index (χ3v) is 7.22. The minimum absolute atomic E-state index is 0.0420. The van der Waals surface area contributed by atoms with Crippen molar-refractivity contribution in [2.75, 3.05) is 33.0 Å². The van der Waals surface area contributed by atoms with Crippen molar-refractivity contribution < 1.29 is 14.3 Å². The summed E-state index contributed by atoms with van der Waals surface area (Å²) in [4.78, 5) is 20.1. The number of hydrogen-bond acceptors (Lipinski definition) is 8. The molecule has 0 fully saturated rings. The number of pyridine rings is 1. The second-order valence-corrected chi connectivity index (χ2v) is 12.3. The molecule has 0 spiro atoms. The van der Waals surface area contributed by atoms with Gasteiger partial charge in [-0.1, -0.05) is 44.1 Å². The van der Waals surface area contributed by atoms with Crippen molar-refractivity contribution in [2.45, 2.75) is 39.3 Å². The van der Waals surface area contributed by atoms with E-state index in [4.69, 9.17) is 0 Å². The first-order chi connectivity index (χ1) is 20.3. The number of hydrogen-bond donors (Lipinski definition) is 2. The van der Waals surface area contributed by atoms with Crippen LogP contribution in [0.3, 0.4) is 0 Å². The molecular weight excluding hydrogens is 549 g/mol. The van der Waals surface area contributed by atoms with Gasteiger partial charge >= 0.3 is 0 Å². The summed E-state index contributed by atoms with van der Waals surface area (Å²) in [6.45, 7) is 6.22. The topological polar surface area (TPSA) is 119 Å². The van der Waals surface area contributed by atoms with E-state index in [2.05, 4.69) is 20.5 Å². The smallest absolute Gasteiger partial charge is 0.282 e. The molecule has 2 N–H and O–H groups in total. The Labute approximate surface area is 249 Å². The highest BCUT2D eigenvalue weighted by molar-refractivity contribution is 6.10. The number of halogens is 1. The molecule has 0 amide bonds. The number of rotatable bonds is 7. The minimum atomic E-state index is -0.947. The molecule has 2 aromatic carbocycles. The first-order valence-corrected chi connectivity index (χ1v) is 14.0. The van der Waals surface area contributed by atoms with Gasteiger partial charge in [-0.2, -0.15) is 9.78 Å². The summed E-state index contributed by atoms with van der Waals surface area (Å²) in [6, 6.07) is 12.0. The van der Waals surface area contributed by atoms with Gasteiger partial charge in [0.15, 0.2) is 0 Å². The number of aromatic nitrogens is 3. The molecule has 224 valence electrons. The Hall–Kier alpha value is -4.29. The van der Waals surface area contributed by atoms with Crippen molar-refractivity contribution in [3.05, 3.63) is 110 Å². The quantitative estimate of drug-likeness (QED) is 0.243. The van der Waals surface area contributed by atoms with Crippen molar-refractivity contribution in [1.29, 1.82) is 0 Å². The van der Waals surface area contributed by atoms with Gasteiger partial charge in [-0.05, 0) is 61.0 Å². The number of hydroxylamine groups is 2. The summed E-state index contributed by atoms with van der Waals surface area (Å²) in [5.74, 6) is -0.0574. The molecule has 0 aliphatic carbocycles. The lowest BCUT2D eigenvalue weighted by Gasteiger charge is -2.35. The van der Waals surface area contributed by atoms with E-state index in [1.165, 1.54) is 19.3 Å². The van der Waals surface area contributed by atoms with Crippen molar-refractivity contribution >= 4 is 22.3 Å². The van der Waals surface area contributed by atoms with E-state index in [0.717, 1.165) is 22.4 Å². The summed E-state index contributed by atoms with van der Waals surface area (Å²) in [6.07, 6.45) is 4.96. The average Bonchev–Trinajstić information content (AvgIpc) is 2.92. The van der Waals surface area contributed by atoms with Crippen molar-refractivity contribution in [2.24, 2.45) is 5.10 Å². The number of nitrogens with one attached hydrogen (secondary N) is 1. The Bertz CT molecular complexity index is 1800. The molecule has 1 aliphatic heterocycles. The molecule has 11 heteroatoms. The summed E-state index contributed by atoms with van der Waals surface area (Å²) < 4.78 is 15.4. The maximum atomic E-state index is 15.3. The van der Waals surface area contributed by atoms with E-state index in [1.807, 2.05) is 51.9 Å². The molecule has 4 aromatic rings. The zero-order chi connectivity index (χ0) is 31.1.